The molecule has 1 heterocycles. The summed E-state index contributed by atoms with van der Waals surface area (Å²) < 4.78 is 43.9. The lowest BCUT2D eigenvalue weighted by Crippen LogP contribution is -2.33. The molecule has 32 heavy (non-hydrogen) atoms. The molecule has 5 nitrogen and oxygen atoms in total. The Morgan fingerprint density at radius 3 is 2.16 bits per heavy atom. The molecular weight excluding hydrogens is 427 g/mol. The van der Waals surface area contributed by atoms with Crippen LogP contribution >= 0.6 is 0 Å². The zero-order valence-corrected chi connectivity index (χ0v) is 18.6. The van der Waals surface area contributed by atoms with Gasteiger partial charge in [-0.1, -0.05) is 54.1 Å². The van der Waals surface area contributed by atoms with Crippen LogP contribution in [-0.2, 0) is 10.0 Å². The Labute approximate surface area is 187 Å². The van der Waals surface area contributed by atoms with Crippen LogP contribution in [0.3, 0.4) is 0 Å². The summed E-state index contributed by atoms with van der Waals surface area (Å²) in [7, 11) is -3.99. The van der Waals surface area contributed by atoms with Crippen LogP contribution in [0.4, 0.5) is 4.39 Å². The van der Waals surface area contributed by atoms with Crippen molar-refractivity contribution in [3.63, 3.8) is 0 Å². The molecule has 0 bridgehead atoms. The van der Waals surface area contributed by atoms with E-state index in [1.54, 1.807) is 53.4 Å². The first kappa shape index (κ1) is 22.2. The van der Waals surface area contributed by atoms with E-state index in [-0.39, 0.29) is 16.4 Å². The van der Waals surface area contributed by atoms with Crippen molar-refractivity contribution < 1.29 is 17.6 Å². The summed E-state index contributed by atoms with van der Waals surface area (Å²) >= 11 is 0. The molecule has 1 saturated heterocycles. The first-order valence-electron chi connectivity index (χ1n) is 10.6. The Balaban J connectivity index is 1.81. The number of aryl methyl sites for hydroxylation is 1. The second kappa shape index (κ2) is 9.22. The number of halogens is 1. The van der Waals surface area contributed by atoms with Crippen LogP contribution in [-0.4, -0.2) is 32.3 Å². The highest BCUT2D eigenvalue weighted by Gasteiger charge is 2.30. The van der Waals surface area contributed by atoms with E-state index >= 15 is 0 Å². The van der Waals surface area contributed by atoms with Crippen LogP contribution in [0.5, 0.6) is 0 Å². The third kappa shape index (κ3) is 4.59. The Bertz CT molecular complexity index is 1220. The summed E-state index contributed by atoms with van der Waals surface area (Å²) in [5, 5.41) is 0. The minimum Gasteiger partial charge on any atom is -0.339 e. The zero-order chi connectivity index (χ0) is 22.7. The molecule has 0 aromatic heterocycles. The van der Waals surface area contributed by atoms with Crippen LogP contribution in [0.15, 0.2) is 77.7 Å². The molecule has 7 heteroatoms. The topological polar surface area (TPSA) is 66.5 Å². The fourth-order valence-corrected chi connectivity index (χ4v) is 5.17. The van der Waals surface area contributed by atoms with Gasteiger partial charge in [0.15, 0.2) is 0 Å². The number of rotatable bonds is 6. The average molecular weight is 453 g/mol. The number of carbonyl (C=O) groups is 1. The summed E-state index contributed by atoms with van der Waals surface area (Å²) in [6.45, 7) is 3.19. The minimum absolute atomic E-state index is 0.0767. The highest BCUT2D eigenvalue weighted by Crippen LogP contribution is 2.30. The first-order chi connectivity index (χ1) is 15.4. The van der Waals surface area contributed by atoms with E-state index in [4.69, 9.17) is 0 Å². The lowest BCUT2D eigenvalue weighted by Gasteiger charge is -2.24. The van der Waals surface area contributed by atoms with Crippen molar-refractivity contribution in [2.24, 2.45) is 0 Å². The van der Waals surface area contributed by atoms with Gasteiger partial charge in [-0.3, -0.25) is 4.79 Å². The first-order valence-corrected chi connectivity index (χ1v) is 12.1. The number of sulfonamides is 1. The van der Waals surface area contributed by atoms with Crippen molar-refractivity contribution in [3.05, 3.63) is 101 Å². The molecular formula is C25H25FN2O3S. The van der Waals surface area contributed by atoms with Gasteiger partial charge in [-0.15, -0.1) is 0 Å². The van der Waals surface area contributed by atoms with Gasteiger partial charge in [-0.05, 0) is 49.6 Å². The molecule has 1 atom stereocenters. The van der Waals surface area contributed by atoms with E-state index in [1.807, 2.05) is 6.92 Å². The number of hydrogen-bond acceptors (Lipinski definition) is 3. The predicted octanol–water partition coefficient (Wildman–Crippen LogP) is 4.44. The van der Waals surface area contributed by atoms with Crippen molar-refractivity contribution >= 4 is 15.9 Å². The summed E-state index contributed by atoms with van der Waals surface area (Å²) in [6.07, 6.45) is 1.87. The molecule has 1 N–H and O–H groups in total. The van der Waals surface area contributed by atoms with Crippen molar-refractivity contribution in [1.29, 1.82) is 0 Å². The Morgan fingerprint density at radius 2 is 1.50 bits per heavy atom. The van der Waals surface area contributed by atoms with E-state index in [0.29, 0.717) is 24.2 Å². The van der Waals surface area contributed by atoms with Crippen molar-refractivity contribution in [1.82, 2.24) is 9.62 Å². The molecule has 0 saturated carbocycles. The summed E-state index contributed by atoms with van der Waals surface area (Å²) in [6, 6.07) is 18.2. The minimum atomic E-state index is -3.99. The van der Waals surface area contributed by atoms with Crippen molar-refractivity contribution in [2.75, 3.05) is 13.1 Å². The molecule has 1 fully saturated rings. The zero-order valence-electron chi connectivity index (χ0n) is 17.8. The van der Waals surface area contributed by atoms with E-state index in [1.165, 1.54) is 24.3 Å². The maximum Gasteiger partial charge on any atom is 0.254 e. The molecule has 1 unspecified atom stereocenters. The smallest absolute Gasteiger partial charge is 0.254 e. The van der Waals surface area contributed by atoms with Crippen LogP contribution in [0.1, 0.15) is 45.9 Å². The van der Waals surface area contributed by atoms with Gasteiger partial charge in [0.2, 0.25) is 10.0 Å². The molecule has 4 rings (SSSR count). The van der Waals surface area contributed by atoms with Gasteiger partial charge in [-0.25, -0.2) is 12.8 Å². The standard InChI is InChI=1S/C25H25FN2O3S/c1-18-12-14-19(15-13-18)32(30,31)27-24(22-10-4-5-11-23(22)26)20-8-2-3-9-21(20)25(29)28-16-6-7-17-28/h2-5,8-15,24,27H,6-7,16-17H2,1H3. The number of likely N-dealkylation sites (tertiary alicyclic amines) is 1. The van der Waals surface area contributed by atoms with Crippen LogP contribution in [0.2, 0.25) is 0 Å². The second-order valence-corrected chi connectivity index (χ2v) is 9.69. The number of nitrogens with zero attached hydrogens (tertiary/aromatic N) is 1. The van der Waals surface area contributed by atoms with E-state index in [2.05, 4.69) is 4.72 Å². The number of benzene rings is 3. The molecule has 1 aliphatic heterocycles. The van der Waals surface area contributed by atoms with Gasteiger partial charge in [0.05, 0.1) is 10.9 Å². The number of hydrogen-bond donors (Lipinski definition) is 1. The number of nitrogens with one attached hydrogen (secondary N) is 1. The lowest BCUT2D eigenvalue weighted by atomic mass is 9.94. The van der Waals surface area contributed by atoms with Crippen molar-refractivity contribution in [3.8, 4) is 0 Å². The molecule has 166 valence electrons. The third-order valence-corrected chi connectivity index (χ3v) is 7.15. The Kier molecular flexibility index (Phi) is 6.39. The summed E-state index contributed by atoms with van der Waals surface area (Å²) in [5.41, 5.74) is 1.88. The quantitative estimate of drug-likeness (QED) is 0.601. The summed E-state index contributed by atoms with van der Waals surface area (Å²) in [5.74, 6) is -0.721. The van der Waals surface area contributed by atoms with E-state index < -0.39 is 21.9 Å². The lowest BCUT2D eigenvalue weighted by molar-refractivity contribution is 0.0791. The highest BCUT2D eigenvalue weighted by molar-refractivity contribution is 7.89. The van der Waals surface area contributed by atoms with E-state index in [0.717, 1.165) is 18.4 Å². The van der Waals surface area contributed by atoms with Gasteiger partial charge in [0.1, 0.15) is 5.82 Å². The molecule has 0 radical (unpaired) electrons. The number of carbonyl (C=O) groups excluding carboxylic acids is 1. The third-order valence-electron chi connectivity index (χ3n) is 5.72. The largest absolute Gasteiger partial charge is 0.339 e. The van der Waals surface area contributed by atoms with Gasteiger partial charge in [0, 0.05) is 24.2 Å². The molecule has 1 aliphatic rings. The maximum atomic E-state index is 14.9. The van der Waals surface area contributed by atoms with Gasteiger partial charge < -0.3 is 4.90 Å². The average Bonchev–Trinajstić information content (AvgIpc) is 3.33. The summed E-state index contributed by atoms with van der Waals surface area (Å²) in [4.78, 5) is 15.0. The Hall–Kier alpha value is -3.03. The fourth-order valence-electron chi connectivity index (χ4n) is 3.98. The molecule has 3 aromatic carbocycles. The van der Waals surface area contributed by atoms with Gasteiger partial charge >= 0.3 is 0 Å². The van der Waals surface area contributed by atoms with Crippen LogP contribution in [0, 0.1) is 12.7 Å². The SMILES string of the molecule is Cc1ccc(S(=O)(=O)NC(c2ccccc2F)c2ccccc2C(=O)N2CCCC2)cc1. The van der Waals surface area contributed by atoms with Crippen molar-refractivity contribution in [2.45, 2.75) is 30.7 Å². The monoisotopic (exact) mass is 452 g/mol. The predicted molar refractivity (Wildman–Crippen MR) is 121 cm³/mol. The molecule has 1 amide bonds. The molecule has 0 aliphatic carbocycles. The number of amides is 1. The maximum absolute atomic E-state index is 14.9. The van der Waals surface area contributed by atoms with Crippen LogP contribution < -0.4 is 4.72 Å². The van der Waals surface area contributed by atoms with Crippen LogP contribution in [0.25, 0.3) is 0 Å². The second-order valence-electron chi connectivity index (χ2n) is 7.98. The normalized spacial score (nSPS) is 15.0. The molecule has 0 spiro atoms. The van der Waals surface area contributed by atoms with E-state index in [9.17, 15) is 17.6 Å². The molecule has 3 aromatic rings. The highest BCUT2D eigenvalue weighted by atomic mass is 32.2. The fraction of sp³-hybridized carbons (Fsp3) is 0.240. The Morgan fingerprint density at radius 1 is 0.906 bits per heavy atom. The van der Waals surface area contributed by atoms with Gasteiger partial charge in [-0.2, -0.15) is 4.72 Å². The van der Waals surface area contributed by atoms with Gasteiger partial charge in [0.25, 0.3) is 5.91 Å².